The van der Waals surface area contributed by atoms with Crippen LogP contribution in [0.25, 0.3) is 0 Å². The Morgan fingerprint density at radius 2 is 2.25 bits per heavy atom. The van der Waals surface area contributed by atoms with E-state index in [2.05, 4.69) is 26.2 Å². The number of pyridine rings is 1. The molecule has 1 aromatic rings. The predicted molar refractivity (Wildman–Crippen MR) is 56.0 cm³/mol. The van der Waals surface area contributed by atoms with Crippen LogP contribution in [0.1, 0.15) is 12.0 Å². The van der Waals surface area contributed by atoms with Crippen molar-refractivity contribution in [3.05, 3.63) is 22.4 Å². The van der Waals surface area contributed by atoms with Crippen LogP contribution < -0.4 is 5.32 Å². The van der Waals surface area contributed by atoms with Gasteiger partial charge in [-0.1, -0.05) is 0 Å². The number of fused-ring (bicyclic) bond motifs is 1. The van der Waals surface area contributed by atoms with Crippen LogP contribution >= 0.6 is 28.3 Å². The van der Waals surface area contributed by atoms with Crippen LogP contribution in [0, 0.1) is 0 Å². The van der Waals surface area contributed by atoms with Crippen LogP contribution in [0.5, 0.6) is 0 Å². The van der Waals surface area contributed by atoms with E-state index in [1.54, 1.807) is 0 Å². The topological polar surface area (TPSA) is 24.9 Å². The maximum Gasteiger partial charge on any atom is 0.0570 e. The highest BCUT2D eigenvalue weighted by molar-refractivity contribution is 9.10. The van der Waals surface area contributed by atoms with Crippen molar-refractivity contribution in [1.29, 1.82) is 0 Å². The summed E-state index contributed by atoms with van der Waals surface area (Å²) in [6.45, 7) is 1.07. The van der Waals surface area contributed by atoms with Crippen LogP contribution in [0.4, 0.5) is 5.69 Å². The van der Waals surface area contributed by atoms with E-state index in [0.717, 1.165) is 17.4 Å². The zero-order valence-electron chi connectivity index (χ0n) is 6.51. The first-order valence-corrected chi connectivity index (χ1v) is 4.53. The third-order valence-electron chi connectivity index (χ3n) is 1.92. The van der Waals surface area contributed by atoms with Gasteiger partial charge in [-0.15, -0.1) is 12.4 Å². The van der Waals surface area contributed by atoms with Gasteiger partial charge in [0.05, 0.1) is 11.9 Å². The molecule has 2 nitrogen and oxygen atoms in total. The molecule has 0 saturated carbocycles. The van der Waals surface area contributed by atoms with E-state index in [9.17, 15) is 0 Å². The van der Waals surface area contributed by atoms with Crippen molar-refractivity contribution < 1.29 is 0 Å². The lowest BCUT2D eigenvalue weighted by atomic mass is 10.1. The number of anilines is 1. The van der Waals surface area contributed by atoms with Gasteiger partial charge in [-0.05, 0) is 34.3 Å². The van der Waals surface area contributed by atoms with E-state index in [-0.39, 0.29) is 12.4 Å². The maximum atomic E-state index is 4.09. The molecule has 1 aliphatic rings. The van der Waals surface area contributed by atoms with Crippen LogP contribution in [-0.2, 0) is 6.42 Å². The summed E-state index contributed by atoms with van der Waals surface area (Å²) in [7, 11) is 0. The van der Waals surface area contributed by atoms with E-state index in [1.807, 2.05) is 12.4 Å². The van der Waals surface area contributed by atoms with Gasteiger partial charge in [-0.3, -0.25) is 4.98 Å². The summed E-state index contributed by atoms with van der Waals surface area (Å²) in [6, 6.07) is 0. The molecule has 0 atom stereocenters. The largest absolute Gasteiger partial charge is 0.384 e. The Labute approximate surface area is 86.3 Å². The molecule has 0 radical (unpaired) electrons. The summed E-state index contributed by atoms with van der Waals surface area (Å²) in [5.74, 6) is 0. The summed E-state index contributed by atoms with van der Waals surface area (Å²) in [6.07, 6.45) is 6.12. The normalized spacial score (nSPS) is 14.1. The van der Waals surface area contributed by atoms with Gasteiger partial charge in [0.2, 0.25) is 0 Å². The molecule has 0 unspecified atom stereocenters. The molecule has 0 aromatic carbocycles. The number of hydrogen-bond acceptors (Lipinski definition) is 2. The minimum Gasteiger partial charge on any atom is -0.384 e. The van der Waals surface area contributed by atoms with E-state index in [1.165, 1.54) is 17.7 Å². The Balaban J connectivity index is 0.000000720. The molecule has 0 bridgehead atoms. The molecule has 0 spiro atoms. The molecule has 0 saturated heterocycles. The summed E-state index contributed by atoms with van der Waals surface area (Å²) >= 11 is 3.48. The van der Waals surface area contributed by atoms with E-state index in [0.29, 0.717) is 0 Å². The molecule has 12 heavy (non-hydrogen) atoms. The summed E-state index contributed by atoms with van der Waals surface area (Å²) < 4.78 is 1.13. The standard InChI is InChI=1S/C8H9BrN2.ClH/c9-7-4-10-5-8-6(7)2-1-3-11-8;/h4-5,11H,1-3H2;1H. The van der Waals surface area contributed by atoms with Crippen molar-refractivity contribution in [2.24, 2.45) is 0 Å². The predicted octanol–water partition coefficient (Wildman–Crippen LogP) is 2.62. The van der Waals surface area contributed by atoms with Gasteiger partial charge >= 0.3 is 0 Å². The van der Waals surface area contributed by atoms with Crippen LogP contribution in [0.15, 0.2) is 16.9 Å². The molecule has 1 aromatic heterocycles. The summed E-state index contributed by atoms with van der Waals surface area (Å²) in [5, 5.41) is 3.31. The molecule has 0 amide bonds. The summed E-state index contributed by atoms with van der Waals surface area (Å²) in [5.41, 5.74) is 2.55. The number of nitrogens with one attached hydrogen (secondary N) is 1. The van der Waals surface area contributed by atoms with Crippen molar-refractivity contribution in [3.63, 3.8) is 0 Å². The lowest BCUT2D eigenvalue weighted by Gasteiger charge is -2.17. The van der Waals surface area contributed by atoms with E-state index < -0.39 is 0 Å². The quantitative estimate of drug-likeness (QED) is 0.764. The number of hydrogen-bond donors (Lipinski definition) is 1. The fourth-order valence-electron chi connectivity index (χ4n) is 1.36. The Bertz CT molecular complexity index is 278. The number of nitrogens with zero attached hydrogens (tertiary/aromatic N) is 1. The first-order chi connectivity index (χ1) is 5.38. The third-order valence-corrected chi connectivity index (χ3v) is 2.61. The average molecular weight is 250 g/mol. The summed E-state index contributed by atoms with van der Waals surface area (Å²) in [4.78, 5) is 4.09. The van der Waals surface area contributed by atoms with Crippen molar-refractivity contribution in [2.75, 3.05) is 11.9 Å². The van der Waals surface area contributed by atoms with Gasteiger partial charge < -0.3 is 5.32 Å². The van der Waals surface area contributed by atoms with E-state index >= 15 is 0 Å². The van der Waals surface area contributed by atoms with Crippen LogP contribution in [0.2, 0.25) is 0 Å². The zero-order chi connectivity index (χ0) is 7.68. The maximum absolute atomic E-state index is 4.09. The monoisotopic (exact) mass is 248 g/mol. The first kappa shape index (κ1) is 9.81. The second-order valence-electron chi connectivity index (χ2n) is 2.68. The fraction of sp³-hybridized carbons (Fsp3) is 0.375. The Hall–Kier alpha value is -0.280. The number of aromatic nitrogens is 1. The molecule has 1 N–H and O–H groups in total. The van der Waals surface area contributed by atoms with Gasteiger partial charge in [0.1, 0.15) is 0 Å². The zero-order valence-corrected chi connectivity index (χ0v) is 8.91. The molecular weight excluding hydrogens is 239 g/mol. The van der Waals surface area contributed by atoms with Gasteiger partial charge in [0, 0.05) is 17.2 Å². The molecule has 2 rings (SSSR count). The smallest absolute Gasteiger partial charge is 0.0570 e. The lowest BCUT2D eigenvalue weighted by Crippen LogP contribution is -2.12. The van der Waals surface area contributed by atoms with E-state index in [4.69, 9.17) is 0 Å². The molecule has 0 fully saturated rings. The Morgan fingerprint density at radius 1 is 1.42 bits per heavy atom. The molecule has 0 aliphatic carbocycles. The molecule has 66 valence electrons. The van der Waals surface area contributed by atoms with Gasteiger partial charge in [-0.2, -0.15) is 0 Å². The third kappa shape index (κ3) is 1.72. The van der Waals surface area contributed by atoms with Crippen molar-refractivity contribution in [2.45, 2.75) is 12.8 Å². The SMILES string of the molecule is Brc1cncc2c1CCCN2.Cl. The first-order valence-electron chi connectivity index (χ1n) is 3.74. The molecule has 4 heteroatoms. The van der Waals surface area contributed by atoms with Gasteiger partial charge in [0.25, 0.3) is 0 Å². The lowest BCUT2D eigenvalue weighted by molar-refractivity contribution is 0.822. The highest BCUT2D eigenvalue weighted by atomic mass is 79.9. The highest BCUT2D eigenvalue weighted by Crippen LogP contribution is 2.27. The number of halogens is 2. The van der Waals surface area contributed by atoms with Crippen molar-refractivity contribution >= 4 is 34.0 Å². The fourth-order valence-corrected chi connectivity index (χ4v) is 1.89. The second kappa shape index (κ2) is 4.10. The highest BCUT2D eigenvalue weighted by Gasteiger charge is 2.10. The van der Waals surface area contributed by atoms with Gasteiger partial charge in [0.15, 0.2) is 0 Å². The Kier molecular flexibility index (Phi) is 3.35. The Morgan fingerprint density at radius 3 is 3.00 bits per heavy atom. The molecular formula is C8H10BrClN2. The second-order valence-corrected chi connectivity index (χ2v) is 3.53. The molecule has 2 heterocycles. The van der Waals surface area contributed by atoms with Crippen LogP contribution in [0.3, 0.4) is 0 Å². The minimum absolute atomic E-state index is 0. The minimum atomic E-state index is 0. The molecule has 1 aliphatic heterocycles. The van der Waals surface area contributed by atoms with Gasteiger partial charge in [-0.25, -0.2) is 0 Å². The van der Waals surface area contributed by atoms with Crippen molar-refractivity contribution in [3.8, 4) is 0 Å². The number of rotatable bonds is 0. The van der Waals surface area contributed by atoms with Crippen LogP contribution in [-0.4, -0.2) is 11.5 Å². The van der Waals surface area contributed by atoms with Crippen molar-refractivity contribution in [1.82, 2.24) is 4.98 Å². The average Bonchev–Trinajstić information content (AvgIpc) is 2.06.